The number of nitrogens with zero attached hydrogens (tertiary/aromatic N) is 1. The topological polar surface area (TPSA) is 29.4 Å². The first kappa shape index (κ1) is 14.4. The third kappa shape index (κ3) is 3.63. The Bertz CT molecular complexity index is 396. The van der Waals surface area contributed by atoms with Crippen molar-refractivity contribution in [3.8, 4) is 0 Å². The maximum Gasteiger partial charge on any atom is 0.249 e. The first-order valence-electron chi connectivity index (χ1n) is 5.91. The van der Waals surface area contributed by atoms with E-state index in [1.807, 2.05) is 0 Å². The Morgan fingerprint density at radius 3 is 1.59 bits per heavy atom. The lowest BCUT2D eigenvalue weighted by atomic mass is 9.74. The minimum absolute atomic E-state index is 0.0933. The molecular formula is C14H23NOS. The third-order valence-corrected chi connectivity index (χ3v) is 4.04. The second kappa shape index (κ2) is 4.52. The average Bonchev–Trinajstić information content (AvgIpc) is 2.44. The molecule has 0 saturated carbocycles. The highest BCUT2D eigenvalue weighted by Crippen LogP contribution is 2.44. The Hall–Kier alpha value is -0.700. The molecular weight excluding hydrogens is 230 g/mol. The van der Waals surface area contributed by atoms with Gasteiger partial charge in [0.2, 0.25) is 5.91 Å². The van der Waals surface area contributed by atoms with Crippen LogP contribution in [-0.4, -0.2) is 5.91 Å². The number of carbonyl (C=O) groups excluding carboxylic acids is 1. The SMILES string of the molecule is CC(=O)N=S1C=C(C(C)(C)C)C(C(C)(C)C)=C1. The fraction of sp³-hybridized carbons (Fsp3) is 0.643. The van der Waals surface area contributed by atoms with Crippen LogP contribution in [0.5, 0.6) is 0 Å². The molecule has 0 aliphatic carbocycles. The zero-order chi connectivity index (χ0) is 13.4. The van der Waals surface area contributed by atoms with Gasteiger partial charge in [-0.15, -0.1) is 0 Å². The number of hydrogen-bond acceptors (Lipinski definition) is 1. The smallest absolute Gasteiger partial charge is 0.249 e. The zero-order valence-corrected chi connectivity index (χ0v) is 12.7. The third-order valence-electron chi connectivity index (χ3n) is 2.62. The summed E-state index contributed by atoms with van der Waals surface area (Å²) in [6.45, 7) is 14.8. The number of amides is 1. The van der Waals surface area contributed by atoms with Crippen molar-refractivity contribution >= 4 is 16.6 Å². The molecule has 1 aliphatic heterocycles. The highest BCUT2D eigenvalue weighted by Gasteiger charge is 2.31. The van der Waals surface area contributed by atoms with Crippen LogP contribution in [0.25, 0.3) is 0 Å². The van der Waals surface area contributed by atoms with E-state index < -0.39 is 0 Å². The van der Waals surface area contributed by atoms with Gasteiger partial charge in [0, 0.05) is 6.92 Å². The van der Waals surface area contributed by atoms with Crippen LogP contribution in [0.4, 0.5) is 0 Å². The van der Waals surface area contributed by atoms with Gasteiger partial charge in [0.1, 0.15) is 0 Å². The molecule has 0 fully saturated rings. The number of carbonyl (C=O) groups is 1. The van der Waals surface area contributed by atoms with Crippen molar-refractivity contribution < 1.29 is 4.79 Å². The van der Waals surface area contributed by atoms with Crippen LogP contribution in [0.2, 0.25) is 0 Å². The largest absolute Gasteiger partial charge is 0.272 e. The van der Waals surface area contributed by atoms with Crippen molar-refractivity contribution in [2.75, 3.05) is 0 Å². The van der Waals surface area contributed by atoms with Gasteiger partial charge in [0.25, 0.3) is 0 Å². The Morgan fingerprint density at radius 1 is 1.00 bits per heavy atom. The Morgan fingerprint density at radius 2 is 1.35 bits per heavy atom. The maximum absolute atomic E-state index is 11.1. The van der Waals surface area contributed by atoms with Gasteiger partial charge in [0.05, 0.1) is 0 Å². The molecule has 0 atom stereocenters. The lowest BCUT2D eigenvalue weighted by Crippen LogP contribution is -2.18. The summed E-state index contributed by atoms with van der Waals surface area (Å²) in [4.78, 5) is 11.1. The molecule has 3 heteroatoms. The second-order valence-corrected chi connectivity index (χ2v) is 7.87. The Labute approximate surface area is 107 Å². The summed E-state index contributed by atoms with van der Waals surface area (Å²) in [5.41, 5.74) is 2.87. The zero-order valence-electron chi connectivity index (χ0n) is 11.9. The van der Waals surface area contributed by atoms with Crippen LogP contribution >= 0.6 is 0 Å². The molecule has 0 unspecified atom stereocenters. The monoisotopic (exact) mass is 253 g/mol. The molecule has 0 aromatic heterocycles. The van der Waals surface area contributed by atoms with Gasteiger partial charge < -0.3 is 0 Å². The van der Waals surface area contributed by atoms with E-state index in [0.29, 0.717) is 0 Å². The van der Waals surface area contributed by atoms with E-state index in [1.165, 1.54) is 18.1 Å². The summed E-state index contributed by atoms with van der Waals surface area (Å²) in [7, 11) is -0.359. The van der Waals surface area contributed by atoms with Crippen molar-refractivity contribution in [2.45, 2.75) is 48.5 Å². The molecule has 1 aliphatic rings. The summed E-state index contributed by atoms with van der Waals surface area (Å²) in [5.74, 6) is -0.0933. The normalized spacial score (nSPS) is 17.8. The fourth-order valence-electron chi connectivity index (χ4n) is 1.77. The van der Waals surface area contributed by atoms with E-state index in [-0.39, 0.29) is 27.4 Å². The molecule has 0 bridgehead atoms. The van der Waals surface area contributed by atoms with Gasteiger partial charge in [-0.2, -0.15) is 4.36 Å². The molecule has 0 aromatic carbocycles. The van der Waals surface area contributed by atoms with Gasteiger partial charge >= 0.3 is 0 Å². The van der Waals surface area contributed by atoms with E-state index >= 15 is 0 Å². The van der Waals surface area contributed by atoms with Crippen LogP contribution in [-0.2, 0) is 15.5 Å². The average molecular weight is 253 g/mol. The van der Waals surface area contributed by atoms with Gasteiger partial charge in [-0.05, 0) is 43.5 Å². The molecule has 17 heavy (non-hydrogen) atoms. The van der Waals surface area contributed by atoms with Crippen LogP contribution < -0.4 is 0 Å². The lowest BCUT2D eigenvalue weighted by molar-refractivity contribution is -0.115. The minimum atomic E-state index is -0.359. The molecule has 0 saturated heterocycles. The molecule has 0 aromatic rings. The van der Waals surface area contributed by atoms with E-state index in [9.17, 15) is 4.79 Å². The maximum atomic E-state index is 11.1. The highest BCUT2D eigenvalue weighted by molar-refractivity contribution is 7.93. The quantitative estimate of drug-likeness (QED) is 0.636. The summed E-state index contributed by atoms with van der Waals surface area (Å²) in [5, 5.41) is 4.31. The highest BCUT2D eigenvalue weighted by atomic mass is 32.2. The Balaban J connectivity index is 3.29. The van der Waals surface area contributed by atoms with Crippen LogP contribution in [0.15, 0.2) is 26.3 Å². The summed E-state index contributed by atoms with van der Waals surface area (Å²) in [6.07, 6.45) is 0. The Kier molecular flexibility index (Phi) is 3.82. The predicted molar refractivity (Wildman–Crippen MR) is 75.6 cm³/mol. The standard InChI is InChI=1S/C14H23NOS/c1-10(16)15-17-8-11(13(2,3)4)12(9-17)14(5,6)7/h8-9H,1-7H3. The van der Waals surface area contributed by atoms with Crippen molar-refractivity contribution in [3.63, 3.8) is 0 Å². The minimum Gasteiger partial charge on any atom is -0.272 e. The molecule has 0 radical (unpaired) electrons. The van der Waals surface area contributed by atoms with Crippen molar-refractivity contribution in [3.05, 3.63) is 22.0 Å². The van der Waals surface area contributed by atoms with E-state index in [2.05, 4.69) is 56.7 Å². The molecule has 0 N–H and O–H groups in total. The molecule has 1 amide bonds. The van der Waals surface area contributed by atoms with Crippen LogP contribution in [0, 0.1) is 10.8 Å². The summed E-state index contributed by atoms with van der Waals surface area (Å²) in [6, 6.07) is 0. The van der Waals surface area contributed by atoms with Crippen molar-refractivity contribution in [1.82, 2.24) is 0 Å². The van der Waals surface area contributed by atoms with E-state index in [4.69, 9.17) is 0 Å². The van der Waals surface area contributed by atoms with Crippen molar-refractivity contribution in [2.24, 2.45) is 15.2 Å². The molecule has 2 nitrogen and oxygen atoms in total. The van der Waals surface area contributed by atoms with Gasteiger partial charge in [0.15, 0.2) is 0 Å². The number of hydrogen-bond donors (Lipinski definition) is 0. The second-order valence-electron chi connectivity index (χ2n) is 6.52. The number of allylic oxidation sites excluding steroid dienone is 2. The molecule has 1 heterocycles. The van der Waals surface area contributed by atoms with Crippen molar-refractivity contribution in [1.29, 1.82) is 0 Å². The van der Waals surface area contributed by atoms with Crippen LogP contribution in [0.1, 0.15) is 48.5 Å². The molecule has 0 spiro atoms. The van der Waals surface area contributed by atoms with E-state index in [1.54, 1.807) is 0 Å². The first-order chi connectivity index (χ1) is 7.51. The summed E-state index contributed by atoms with van der Waals surface area (Å²) < 4.78 is 4.14. The number of rotatable bonds is 0. The van der Waals surface area contributed by atoms with Gasteiger partial charge in [-0.25, -0.2) is 0 Å². The van der Waals surface area contributed by atoms with Gasteiger partial charge in [-0.1, -0.05) is 41.5 Å². The lowest BCUT2D eigenvalue weighted by Gasteiger charge is -2.30. The van der Waals surface area contributed by atoms with Crippen LogP contribution in [0.3, 0.4) is 0 Å². The molecule has 96 valence electrons. The fourth-order valence-corrected chi connectivity index (χ4v) is 3.68. The molecule has 1 rings (SSSR count). The first-order valence-corrected chi connectivity index (χ1v) is 7.22. The van der Waals surface area contributed by atoms with E-state index in [0.717, 1.165) is 0 Å². The summed E-state index contributed by atoms with van der Waals surface area (Å²) >= 11 is 0. The van der Waals surface area contributed by atoms with Gasteiger partial charge in [-0.3, -0.25) is 4.79 Å². The predicted octanol–water partition coefficient (Wildman–Crippen LogP) is 4.21.